The molecule has 1 aliphatic heterocycles. The number of fused-ring (bicyclic) bond motifs is 1. The summed E-state index contributed by atoms with van der Waals surface area (Å²) in [6, 6.07) is 5.17. The lowest BCUT2D eigenvalue weighted by molar-refractivity contribution is -0.129. The van der Waals surface area contributed by atoms with Crippen LogP contribution in [0.2, 0.25) is 0 Å². The Balaban J connectivity index is 1.57. The van der Waals surface area contributed by atoms with Crippen molar-refractivity contribution >= 4 is 40.7 Å². The van der Waals surface area contributed by atoms with Gasteiger partial charge in [0.2, 0.25) is 5.91 Å². The Morgan fingerprint density at radius 2 is 2.05 bits per heavy atom. The molecule has 3 amide bonds. The molecular weight excluding hydrogens is 474 g/mol. The average Bonchev–Trinajstić information content (AvgIpc) is 3.58. The number of allylic oxidation sites excluding steroid dienone is 1. The van der Waals surface area contributed by atoms with Crippen molar-refractivity contribution in [3.05, 3.63) is 58.6 Å². The first-order valence-electron chi connectivity index (χ1n) is 12.0. The van der Waals surface area contributed by atoms with Crippen molar-refractivity contribution < 1.29 is 23.5 Å². The normalized spacial score (nSPS) is 15.6. The Morgan fingerprint density at radius 1 is 1.30 bits per heavy atom. The van der Waals surface area contributed by atoms with Gasteiger partial charge in [-0.3, -0.25) is 14.4 Å². The first-order chi connectivity index (χ1) is 17.7. The Kier molecular flexibility index (Phi) is 7.19. The highest BCUT2D eigenvalue weighted by Crippen LogP contribution is 2.32. The molecule has 0 bridgehead atoms. The van der Waals surface area contributed by atoms with Gasteiger partial charge in [0.05, 0.1) is 22.9 Å². The molecule has 0 saturated carbocycles. The summed E-state index contributed by atoms with van der Waals surface area (Å²) in [6.45, 7) is 6.13. The number of aryl methyl sites for hydroxylation is 1. The molecule has 1 atom stereocenters. The van der Waals surface area contributed by atoms with E-state index in [9.17, 15) is 14.4 Å². The van der Waals surface area contributed by atoms with Crippen LogP contribution in [0.4, 0.5) is 0 Å². The number of carbonyl (C=O) groups excluding carboxylic acids is 3. The van der Waals surface area contributed by atoms with Gasteiger partial charge in [-0.1, -0.05) is 0 Å². The lowest BCUT2D eigenvalue weighted by Gasteiger charge is -2.23. The van der Waals surface area contributed by atoms with Crippen LogP contribution < -0.4 is 10.1 Å². The predicted molar refractivity (Wildman–Crippen MR) is 140 cm³/mol. The Labute approximate surface area is 214 Å². The molecule has 0 spiro atoms. The molecule has 1 aliphatic rings. The molecule has 10 heteroatoms. The second kappa shape index (κ2) is 10.3. The van der Waals surface area contributed by atoms with Crippen LogP contribution in [0.1, 0.15) is 51.1 Å². The van der Waals surface area contributed by atoms with E-state index in [1.807, 2.05) is 6.92 Å². The number of furan rings is 1. The van der Waals surface area contributed by atoms with E-state index in [4.69, 9.17) is 14.6 Å². The number of H-pyrrole nitrogens is 1. The molecule has 3 aromatic rings. The van der Waals surface area contributed by atoms with Crippen molar-refractivity contribution in [3.63, 3.8) is 0 Å². The molecule has 3 N–H and O–H groups in total. The minimum absolute atomic E-state index is 0.000875. The first kappa shape index (κ1) is 25.7. The van der Waals surface area contributed by atoms with Crippen LogP contribution in [0.15, 0.2) is 34.9 Å². The zero-order valence-electron chi connectivity index (χ0n) is 21.6. The van der Waals surface area contributed by atoms with Gasteiger partial charge in [0, 0.05) is 64.0 Å². The van der Waals surface area contributed by atoms with Gasteiger partial charge in [-0.2, -0.15) is 0 Å². The first-order valence-corrected chi connectivity index (χ1v) is 12.0. The minimum atomic E-state index is -0.231. The molecule has 4 rings (SSSR count). The Hall–Kier alpha value is -4.34. The lowest BCUT2D eigenvalue weighted by atomic mass is 10.1. The second-order valence-corrected chi connectivity index (χ2v) is 9.10. The molecule has 1 fully saturated rings. The summed E-state index contributed by atoms with van der Waals surface area (Å²) >= 11 is 0. The highest BCUT2D eigenvalue weighted by molar-refractivity contribution is 6.07. The number of hydrogen-bond donors (Lipinski definition) is 3. The summed E-state index contributed by atoms with van der Waals surface area (Å²) in [5.74, 6) is 0.939. The summed E-state index contributed by atoms with van der Waals surface area (Å²) < 4.78 is 11.9. The van der Waals surface area contributed by atoms with E-state index in [0.717, 1.165) is 12.6 Å². The van der Waals surface area contributed by atoms with Crippen LogP contribution in [-0.2, 0) is 4.79 Å². The number of ether oxygens (including phenoxy) is 1. The third kappa shape index (κ3) is 4.87. The largest absolute Gasteiger partial charge is 0.460 e. The number of rotatable bonds is 7. The Bertz CT molecular complexity index is 1420. The molecule has 1 aromatic carbocycles. The van der Waals surface area contributed by atoms with Crippen LogP contribution in [0, 0.1) is 19.3 Å². The highest BCUT2D eigenvalue weighted by Gasteiger charge is 2.32. The zero-order chi connectivity index (χ0) is 26.9. The van der Waals surface area contributed by atoms with Crippen molar-refractivity contribution in [1.82, 2.24) is 20.1 Å². The number of likely N-dealkylation sites (N-methyl/N-ethyl adjacent to an activating group) is 1. The SMILES string of the molecule is CNC(=O)c1c(C)oc2cc(O/C(=C/C=N)c3[nH]cc(C(=O)N4CC[C@H](N(C)C(C)=O)C4)c3C)ccc12. The molecule has 194 valence electrons. The molecule has 37 heavy (non-hydrogen) atoms. The van der Waals surface area contributed by atoms with E-state index in [2.05, 4.69) is 10.3 Å². The van der Waals surface area contributed by atoms with Crippen LogP contribution in [0.3, 0.4) is 0 Å². The summed E-state index contributed by atoms with van der Waals surface area (Å²) in [5, 5.41) is 10.9. The molecule has 0 unspecified atom stereocenters. The van der Waals surface area contributed by atoms with E-state index in [0.29, 0.717) is 63.7 Å². The van der Waals surface area contributed by atoms with Crippen LogP contribution >= 0.6 is 0 Å². The van der Waals surface area contributed by atoms with Crippen molar-refractivity contribution in [2.24, 2.45) is 0 Å². The van der Waals surface area contributed by atoms with Crippen LogP contribution in [-0.4, -0.2) is 71.9 Å². The molecule has 1 saturated heterocycles. The fourth-order valence-corrected chi connectivity index (χ4v) is 4.68. The highest BCUT2D eigenvalue weighted by atomic mass is 16.5. The van der Waals surface area contributed by atoms with E-state index in [-0.39, 0.29) is 23.8 Å². The number of nitrogens with zero attached hydrogens (tertiary/aromatic N) is 2. The third-order valence-electron chi connectivity index (χ3n) is 6.87. The monoisotopic (exact) mass is 505 g/mol. The maximum atomic E-state index is 13.3. The molecule has 10 nitrogen and oxygen atoms in total. The summed E-state index contributed by atoms with van der Waals surface area (Å²) in [4.78, 5) is 43.8. The topological polar surface area (TPSA) is 132 Å². The van der Waals surface area contributed by atoms with Crippen molar-refractivity contribution in [2.45, 2.75) is 33.2 Å². The maximum Gasteiger partial charge on any atom is 0.255 e. The van der Waals surface area contributed by atoms with Crippen molar-refractivity contribution in [1.29, 1.82) is 5.41 Å². The quantitative estimate of drug-likeness (QED) is 0.334. The molecule has 2 aromatic heterocycles. The smallest absolute Gasteiger partial charge is 0.255 e. The van der Waals surface area contributed by atoms with E-state index >= 15 is 0 Å². The lowest BCUT2D eigenvalue weighted by Crippen LogP contribution is -2.39. The standard InChI is InChI=1S/C27H31N5O5/c1-15-21(27(35)32-11-9-18(14-32)31(5)17(3)33)13-30-25(15)22(8-10-28)37-19-6-7-20-23(12-19)36-16(2)24(20)26(34)29-4/h6-8,10,12-13,18,28,30H,9,11,14H2,1-5H3,(H,29,34)/b22-8+,28-10?/t18-/m0/s1. The van der Waals surface area contributed by atoms with Crippen LogP contribution in [0.25, 0.3) is 16.7 Å². The zero-order valence-corrected chi connectivity index (χ0v) is 21.6. The molecule has 0 aliphatic carbocycles. The van der Waals surface area contributed by atoms with Crippen LogP contribution in [0.5, 0.6) is 5.75 Å². The molecule has 3 heterocycles. The van der Waals surface area contributed by atoms with Gasteiger partial charge < -0.3 is 34.7 Å². The van der Waals surface area contributed by atoms with E-state index in [1.165, 1.54) is 13.0 Å². The number of hydrogen-bond acceptors (Lipinski definition) is 6. The molecular formula is C27H31N5O5. The number of aromatic nitrogens is 1. The third-order valence-corrected chi connectivity index (χ3v) is 6.87. The second-order valence-electron chi connectivity index (χ2n) is 9.10. The predicted octanol–water partition coefficient (Wildman–Crippen LogP) is 3.50. The number of benzene rings is 1. The van der Waals surface area contributed by atoms with Gasteiger partial charge in [-0.25, -0.2) is 0 Å². The number of amides is 3. The van der Waals surface area contributed by atoms with E-state index in [1.54, 1.807) is 55.2 Å². The van der Waals surface area contributed by atoms with Gasteiger partial charge in [0.15, 0.2) is 5.76 Å². The van der Waals surface area contributed by atoms with Crippen molar-refractivity contribution in [3.8, 4) is 5.75 Å². The Morgan fingerprint density at radius 3 is 2.73 bits per heavy atom. The maximum absolute atomic E-state index is 13.3. The van der Waals surface area contributed by atoms with Gasteiger partial charge in [-0.15, -0.1) is 0 Å². The summed E-state index contributed by atoms with van der Waals surface area (Å²) in [6.07, 6.45) is 4.98. The number of carbonyl (C=O) groups is 3. The van der Waals surface area contributed by atoms with Gasteiger partial charge in [0.1, 0.15) is 17.1 Å². The average molecular weight is 506 g/mol. The van der Waals surface area contributed by atoms with Crippen molar-refractivity contribution in [2.75, 3.05) is 27.2 Å². The summed E-state index contributed by atoms with van der Waals surface area (Å²) in [5.41, 5.74) is 2.75. The van der Waals surface area contributed by atoms with Gasteiger partial charge >= 0.3 is 0 Å². The molecule has 0 radical (unpaired) electrons. The number of nitrogens with one attached hydrogen (secondary N) is 3. The number of aromatic amines is 1. The fourth-order valence-electron chi connectivity index (χ4n) is 4.68. The number of likely N-dealkylation sites (tertiary alicyclic amines) is 1. The van der Waals surface area contributed by atoms with Gasteiger partial charge in [0.25, 0.3) is 11.8 Å². The van der Waals surface area contributed by atoms with E-state index < -0.39 is 0 Å². The van der Waals surface area contributed by atoms with Gasteiger partial charge in [-0.05, 0) is 38.0 Å². The minimum Gasteiger partial charge on any atom is -0.460 e. The fraction of sp³-hybridized carbons (Fsp3) is 0.333. The summed E-state index contributed by atoms with van der Waals surface area (Å²) in [7, 11) is 3.32.